The molecule has 2 rings (SSSR count). The number of benzene rings is 1. The van der Waals surface area contributed by atoms with Crippen LogP contribution >= 0.6 is 15.9 Å². The van der Waals surface area contributed by atoms with Crippen molar-refractivity contribution in [3.05, 3.63) is 48.7 Å². The van der Waals surface area contributed by atoms with Crippen molar-refractivity contribution in [2.24, 2.45) is 5.10 Å². The number of H-pyrrole nitrogens is 2. The maximum absolute atomic E-state index is 11.7. The molecule has 1 aromatic carbocycles. The predicted molar refractivity (Wildman–Crippen MR) is 91.9 cm³/mol. The van der Waals surface area contributed by atoms with Gasteiger partial charge in [-0.25, -0.2) is 15.3 Å². The lowest BCUT2D eigenvalue weighted by atomic mass is 10.2. The first-order valence-electron chi connectivity index (χ1n) is 6.97. The summed E-state index contributed by atoms with van der Waals surface area (Å²) in [6.45, 7) is 0. The number of aromatic amines is 2. The zero-order valence-corrected chi connectivity index (χ0v) is 14.6. The van der Waals surface area contributed by atoms with E-state index in [2.05, 4.69) is 36.7 Å². The average molecular weight is 412 g/mol. The molecule has 2 aromatic rings. The summed E-state index contributed by atoms with van der Waals surface area (Å²) in [5.41, 5.74) is 1.59. The average Bonchev–Trinajstić information content (AvgIpc) is 2.57. The minimum Gasteiger partial charge on any atom is -0.503 e. The number of nitrogens with zero attached hydrogens (tertiary/aromatic N) is 2. The lowest BCUT2D eigenvalue weighted by molar-refractivity contribution is -0.121. The molecule has 1 amide bonds. The van der Waals surface area contributed by atoms with Gasteiger partial charge in [-0.05, 0) is 33.6 Å². The van der Waals surface area contributed by atoms with Crippen LogP contribution in [0.5, 0.6) is 11.5 Å². The Balaban J connectivity index is 1.93. The van der Waals surface area contributed by atoms with Crippen LogP contribution in [-0.4, -0.2) is 39.5 Å². The summed E-state index contributed by atoms with van der Waals surface area (Å²) in [6.07, 6.45) is 1.38. The Labute approximate surface area is 149 Å². The fourth-order valence-electron chi connectivity index (χ4n) is 1.83. The van der Waals surface area contributed by atoms with E-state index in [1.807, 2.05) is 4.98 Å². The Morgan fingerprint density at radius 3 is 2.92 bits per heavy atom. The second-order valence-electron chi connectivity index (χ2n) is 4.80. The summed E-state index contributed by atoms with van der Waals surface area (Å²) in [7, 11) is 1.41. The topological polar surface area (TPSA) is 150 Å². The molecule has 10 nitrogen and oxygen atoms in total. The number of ether oxygens (including phenoxy) is 1. The molecule has 0 aliphatic heterocycles. The van der Waals surface area contributed by atoms with Crippen molar-refractivity contribution < 1.29 is 14.6 Å². The zero-order chi connectivity index (χ0) is 18.4. The molecule has 0 aliphatic carbocycles. The number of aromatic nitrogens is 3. The van der Waals surface area contributed by atoms with Gasteiger partial charge in [-0.2, -0.15) is 10.2 Å². The second-order valence-corrected chi connectivity index (χ2v) is 5.65. The van der Waals surface area contributed by atoms with Crippen LogP contribution in [0.4, 0.5) is 0 Å². The Morgan fingerprint density at radius 2 is 2.24 bits per heavy atom. The number of carbonyl (C=O) groups is 1. The molecule has 0 spiro atoms. The highest BCUT2D eigenvalue weighted by atomic mass is 79.9. The van der Waals surface area contributed by atoms with Crippen LogP contribution in [0.15, 0.2) is 31.3 Å². The van der Waals surface area contributed by atoms with Gasteiger partial charge in [0.15, 0.2) is 11.5 Å². The van der Waals surface area contributed by atoms with Gasteiger partial charge in [0.25, 0.3) is 5.56 Å². The van der Waals surface area contributed by atoms with E-state index in [9.17, 15) is 19.5 Å². The Morgan fingerprint density at radius 1 is 1.48 bits per heavy atom. The third-order valence-electron chi connectivity index (χ3n) is 3.04. The van der Waals surface area contributed by atoms with E-state index >= 15 is 0 Å². The third-order valence-corrected chi connectivity index (χ3v) is 3.65. The molecule has 0 unspecified atom stereocenters. The normalized spacial score (nSPS) is 10.8. The highest BCUT2D eigenvalue weighted by Crippen LogP contribution is 2.34. The highest BCUT2D eigenvalue weighted by Gasteiger charge is 2.08. The smallest absolute Gasteiger partial charge is 0.342 e. The van der Waals surface area contributed by atoms with Gasteiger partial charge >= 0.3 is 5.69 Å². The van der Waals surface area contributed by atoms with Gasteiger partial charge in [-0.15, -0.1) is 0 Å². The van der Waals surface area contributed by atoms with Gasteiger partial charge < -0.3 is 9.84 Å². The first-order valence-corrected chi connectivity index (χ1v) is 7.76. The van der Waals surface area contributed by atoms with Gasteiger partial charge in [0.05, 0.1) is 17.8 Å². The standard InChI is InChI=1S/C14H14BrN5O5/c1-25-10-5-7(4-8(15)12(10)22)6-16-19-11(21)3-2-9-13(23)17-14(24)20-18-9/h4-6,22H,2-3H2,1H3,(H,19,21)(H2,17,20,23,24)/b16-6-. The molecule has 0 fully saturated rings. The molecule has 1 aromatic heterocycles. The minimum atomic E-state index is -0.710. The molecule has 0 saturated heterocycles. The summed E-state index contributed by atoms with van der Waals surface area (Å²) < 4.78 is 5.43. The van der Waals surface area contributed by atoms with Gasteiger partial charge in [0, 0.05) is 12.8 Å². The molecule has 0 saturated carbocycles. The van der Waals surface area contributed by atoms with Gasteiger partial charge in [0.1, 0.15) is 5.69 Å². The van der Waals surface area contributed by atoms with E-state index in [0.29, 0.717) is 10.0 Å². The number of rotatable bonds is 6. The van der Waals surface area contributed by atoms with Crippen molar-refractivity contribution in [1.29, 1.82) is 0 Å². The van der Waals surface area contributed by atoms with Crippen molar-refractivity contribution in [3.8, 4) is 11.5 Å². The summed E-state index contributed by atoms with van der Waals surface area (Å²) in [4.78, 5) is 36.0. The number of hydrazone groups is 1. The summed E-state index contributed by atoms with van der Waals surface area (Å²) in [6, 6.07) is 3.14. The van der Waals surface area contributed by atoms with E-state index in [1.54, 1.807) is 12.1 Å². The number of amides is 1. The molecule has 11 heteroatoms. The number of phenolic OH excluding ortho intramolecular Hbond substituents is 1. The lowest BCUT2D eigenvalue weighted by Crippen LogP contribution is -2.28. The molecule has 4 N–H and O–H groups in total. The van der Waals surface area contributed by atoms with E-state index in [4.69, 9.17) is 4.74 Å². The Hall–Kier alpha value is -2.95. The van der Waals surface area contributed by atoms with E-state index < -0.39 is 17.2 Å². The van der Waals surface area contributed by atoms with Crippen LogP contribution in [0.2, 0.25) is 0 Å². The van der Waals surface area contributed by atoms with Gasteiger partial charge in [-0.1, -0.05) is 0 Å². The molecule has 0 atom stereocenters. The van der Waals surface area contributed by atoms with Crippen molar-refractivity contribution in [1.82, 2.24) is 20.6 Å². The monoisotopic (exact) mass is 411 g/mol. The zero-order valence-electron chi connectivity index (χ0n) is 13.0. The highest BCUT2D eigenvalue weighted by molar-refractivity contribution is 9.10. The minimum absolute atomic E-state index is 0.0395. The number of nitrogens with one attached hydrogen (secondary N) is 3. The number of hydrogen-bond acceptors (Lipinski definition) is 7. The Bertz CT molecular complexity index is 921. The predicted octanol–water partition coefficient (Wildman–Crippen LogP) is 0.0178. The summed E-state index contributed by atoms with van der Waals surface area (Å²) in [5.74, 6) is -0.221. The molecule has 25 heavy (non-hydrogen) atoms. The number of aryl methyl sites for hydroxylation is 1. The molecule has 0 radical (unpaired) electrons. The van der Waals surface area contributed by atoms with Crippen LogP contribution < -0.4 is 21.4 Å². The van der Waals surface area contributed by atoms with Crippen LogP contribution in [0.1, 0.15) is 17.7 Å². The molecule has 132 valence electrons. The van der Waals surface area contributed by atoms with Crippen LogP contribution in [-0.2, 0) is 11.2 Å². The second kappa shape index (κ2) is 8.24. The fourth-order valence-corrected chi connectivity index (χ4v) is 2.29. The van der Waals surface area contributed by atoms with Crippen molar-refractivity contribution in [2.45, 2.75) is 12.8 Å². The quantitative estimate of drug-likeness (QED) is 0.388. The van der Waals surface area contributed by atoms with Gasteiger partial charge in [0.2, 0.25) is 5.91 Å². The molecule has 0 aliphatic rings. The third kappa shape index (κ3) is 5.01. The maximum atomic E-state index is 11.7. The number of carbonyl (C=O) groups excluding carboxylic acids is 1. The molecule has 0 bridgehead atoms. The summed E-state index contributed by atoms with van der Waals surface area (Å²) >= 11 is 3.18. The SMILES string of the molecule is COc1cc(/C=N\NC(=O)CCc2n[nH]c(=O)[nH]c2=O)cc(Br)c1O. The first kappa shape index (κ1) is 18.4. The van der Waals surface area contributed by atoms with Crippen LogP contribution in [0.25, 0.3) is 0 Å². The largest absolute Gasteiger partial charge is 0.503 e. The van der Waals surface area contributed by atoms with E-state index in [1.165, 1.54) is 13.3 Å². The Kier molecular flexibility index (Phi) is 6.06. The first-order chi connectivity index (χ1) is 11.9. The van der Waals surface area contributed by atoms with Crippen molar-refractivity contribution in [3.63, 3.8) is 0 Å². The van der Waals surface area contributed by atoms with E-state index in [0.717, 1.165) is 0 Å². The van der Waals surface area contributed by atoms with Gasteiger partial charge in [-0.3, -0.25) is 14.6 Å². The molecular formula is C14H14BrN5O5. The fraction of sp³-hybridized carbons (Fsp3) is 0.214. The number of aromatic hydroxyl groups is 1. The molecule has 1 heterocycles. The number of halogens is 1. The van der Waals surface area contributed by atoms with Crippen LogP contribution in [0.3, 0.4) is 0 Å². The maximum Gasteiger partial charge on any atom is 0.342 e. The number of methoxy groups -OCH3 is 1. The van der Waals surface area contributed by atoms with Crippen molar-refractivity contribution >= 4 is 28.1 Å². The molecular weight excluding hydrogens is 398 g/mol. The lowest BCUT2D eigenvalue weighted by Gasteiger charge is -2.06. The van der Waals surface area contributed by atoms with Crippen LogP contribution in [0, 0.1) is 0 Å². The number of phenols is 1. The van der Waals surface area contributed by atoms with E-state index in [-0.39, 0.29) is 30.0 Å². The van der Waals surface area contributed by atoms with Crippen molar-refractivity contribution in [2.75, 3.05) is 7.11 Å². The number of hydrogen-bond donors (Lipinski definition) is 4. The summed E-state index contributed by atoms with van der Waals surface area (Å²) in [5, 5.41) is 19.2.